The molecule has 0 aliphatic carbocycles. The predicted molar refractivity (Wildman–Crippen MR) is 27.2 cm³/mol. The Kier molecular flexibility index (Phi) is 3.24. The largest absolute Gasteiger partial charge is 0.325 e. The Morgan fingerprint density at radius 3 is 1.86 bits per heavy atom. The van der Waals surface area contributed by atoms with Crippen molar-refractivity contribution in [3.05, 3.63) is 0 Å². The molecule has 36 valence electrons. The summed E-state index contributed by atoms with van der Waals surface area (Å²) in [5.74, 6) is 3.56. The molecule has 0 spiro atoms. The molecule has 0 aliphatic heterocycles. The Labute approximate surface area is 43.1 Å². The Bertz CT molecular complexity index is 105. The molecule has 0 saturated heterocycles. The molecule has 0 bridgehead atoms. The van der Waals surface area contributed by atoms with Crippen LogP contribution in [0.15, 0.2) is 0 Å². The number of hydrogen-bond donors (Lipinski definition) is 1. The van der Waals surface area contributed by atoms with E-state index >= 15 is 0 Å². The van der Waals surface area contributed by atoms with Gasteiger partial charge in [-0.3, -0.25) is 0 Å². The SMILES string of the molecule is N#CP(C#N)CN. The Hall–Kier alpha value is -0.630. The lowest BCUT2D eigenvalue weighted by atomic mass is 11.5. The highest BCUT2D eigenvalue weighted by Gasteiger charge is 1.97. The fourth-order valence-corrected chi connectivity index (χ4v) is 0.312. The van der Waals surface area contributed by atoms with Gasteiger partial charge in [0.25, 0.3) is 0 Å². The standard InChI is InChI=1S/C3H4N3P/c4-1-7(2-5)3-6/h1,4H2. The minimum Gasteiger partial charge on any atom is -0.325 e. The van der Waals surface area contributed by atoms with Gasteiger partial charge in [0, 0.05) is 6.29 Å². The van der Waals surface area contributed by atoms with Crippen LogP contribution in [0.1, 0.15) is 0 Å². The molecule has 0 aromatic carbocycles. The van der Waals surface area contributed by atoms with Crippen LogP contribution in [0.2, 0.25) is 0 Å². The molecule has 0 unspecified atom stereocenters. The maximum Gasteiger partial charge on any atom is 0.124 e. The van der Waals surface area contributed by atoms with E-state index in [2.05, 4.69) is 0 Å². The van der Waals surface area contributed by atoms with E-state index in [1.165, 1.54) is 0 Å². The fraction of sp³-hybridized carbons (Fsp3) is 0.333. The maximum atomic E-state index is 8.00. The third kappa shape index (κ3) is 2.11. The summed E-state index contributed by atoms with van der Waals surface area (Å²) in [6.07, 6.45) is 0.197. The van der Waals surface area contributed by atoms with E-state index in [-0.39, 0.29) is 6.29 Å². The second kappa shape index (κ2) is 3.56. The van der Waals surface area contributed by atoms with Gasteiger partial charge < -0.3 is 5.73 Å². The van der Waals surface area contributed by atoms with Crippen LogP contribution in [0.3, 0.4) is 0 Å². The summed E-state index contributed by atoms with van der Waals surface area (Å²) in [5.41, 5.74) is 4.98. The molecule has 0 aromatic rings. The molecule has 0 atom stereocenters. The topological polar surface area (TPSA) is 73.6 Å². The molecule has 0 saturated carbocycles. The van der Waals surface area contributed by atoms with Gasteiger partial charge in [-0.25, -0.2) is 0 Å². The second-order valence-corrected chi connectivity index (χ2v) is 2.43. The van der Waals surface area contributed by atoms with Crippen LogP contribution in [0, 0.1) is 22.1 Å². The van der Waals surface area contributed by atoms with Gasteiger partial charge in [0.05, 0.1) is 0 Å². The van der Waals surface area contributed by atoms with Crippen LogP contribution in [-0.4, -0.2) is 6.29 Å². The van der Waals surface area contributed by atoms with Gasteiger partial charge in [0.15, 0.2) is 0 Å². The molecule has 0 rings (SSSR count). The van der Waals surface area contributed by atoms with Gasteiger partial charge >= 0.3 is 0 Å². The smallest absolute Gasteiger partial charge is 0.124 e. The molecule has 0 aromatic heterocycles. The van der Waals surface area contributed by atoms with Crippen LogP contribution in [-0.2, 0) is 0 Å². The van der Waals surface area contributed by atoms with Crippen molar-refractivity contribution < 1.29 is 0 Å². The van der Waals surface area contributed by atoms with Crippen LogP contribution < -0.4 is 5.73 Å². The van der Waals surface area contributed by atoms with Crippen molar-refractivity contribution in [2.45, 2.75) is 0 Å². The third-order valence-electron chi connectivity index (χ3n) is 0.424. The van der Waals surface area contributed by atoms with E-state index in [1.54, 1.807) is 11.6 Å². The average molecular weight is 113 g/mol. The summed E-state index contributed by atoms with van der Waals surface area (Å²) in [6.45, 7) is 0. The van der Waals surface area contributed by atoms with Crippen LogP contribution in [0.4, 0.5) is 0 Å². The highest BCUT2D eigenvalue weighted by molar-refractivity contribution is 7.67. The first kappa shape index (κ1) is 6.37. The highest BCUT2D eigenvalue weighted by atomic mass is 31.1. The number of nitrogens with zero attached hydrogens (tertiary/aromatic N) is 2. The number of nitriles is 2. The molecule has 0 radical (unpaired) electrons. The zero-order valence-corrected chi connectivity index (χ0v) is 4.52. The Morgan fingerprint density at radius 2 is 1.86 bits per heavy atom. The molecule has 7 heavy (non-hydrogen) atoms. The first-order chi connectivity index (χ1) is 3.35. The molecule has 4 heteroatoms. The van der Waals surface area contributed by atoms with Gasteiger partial charge in [-0.05, 0) is 0 Å². The van der Waals surface area contributed by atoms with Gasteiger partial charge in [0.2, 0.25) is 0 Å². The summed E-state index contributed by atoms with van der Waals surface area (Å²) in [6, 6.07) is 0. The first-order valence-electron chi connectivity index (χ1n) is 1.62. The van der Waals surface area contributed by atoms with Gasteiger partial charge in [0.1, 0.15) is 19.5 Å². The third-order valence-corrected chi connectivity index (χ3v) is 1.27. The molecule has 0 fully saturated rings. The zero-order chi connectivity index (χ0) is 5.70. The normalized spacial score (nSPS) is 7.43. The molecular formula is C3H4N3P. The van der Waals surface area contributed by atoms with Crippen molar-refractivity contribution in [1.82, 2.24) is 0 Å². The quantitative estimate of drug-likeness (QED) is 0.498. The van der Waals surface area contributed by atoms with Crippen LogP contribution >= 0.6 is 7.92 Å². The van der Waals surface area contributed by atoms with E-state index in [0.717, 1.165) is 0 Å². The highest BCUT2D eigenvalue weighted by Crippen LogP contribution is 2.27. The molecule has 3 nitrogen and oxygen atoms in total. The minimum absolute atomic E-state index is 0.197. The van der Waals surface area contributed by atoms with Crippen molar-refractivity contribution in [1.29, 1.82) is 10.5 Å². The van der Waals surface area contributed by atoms with Crippen LogP contribution in [0.25, 0.3) is 0 Å². The lowest BCUT2D eigenvalue weighted by Gasteiger charge is -1.84. The summed E-state index contributed by atoms with van der Waals surface area (Å²) >= 11 is 0. The second-order valence-electron chi connectivity index (χ2n) is 0.811. The first-order valence-corrected chi connectivity index (χ1v) is 3.15. The van der Waals surface area contributed by atoms with Crippen molar-refractivity contribution in [2.24, 2.45) is 5.73 Å². The monoisotopic (exact) mass is 113 g/mol. The van der Waals surface area contributed by atoms with Gasteiger partial charge in [-0.1, -0.05) is 0 Å². The molecule has 0 heterocycles. The molecule has 0 amide bonds. The minimum atomic E-state index is -1.17. The fourth-order valence-electron chi connectivity index (χ4n) is 0.104. The predicted octanol–water partition coefficient (Wildman–Crippen LogP) is 0.347. The summed E-state index contributed by atoms with van der Waals surface area (Å²) in [7, 11) is -1.17. The summed E-state index contributed by atoms with van der Waals surface area (Å²) in [5, 5.41) is 16.0. The molecular weight excluding hydrogens is 109 g/mol. The van der Waals surface area contributed by atoms with E-state index < -0.39 is 7.92 Å². The lowest BCUT2D eigenvalue weighted by Crippen LogP contribution is -1.92. The van der Waals surface area contributed by atoms with Crippen molar-refractivity contribution in [2.75, 3.05) is 6.29 Å². The lowest BCUT2D eigenvalue weighted by molar-refractivity contribution is 1.38. The van der Waals surface area contributed by atoms with Crippen LogP contribution in [0.5, 0.6) is 0 Å². The van der Waals surface area contributed by atoms with E-state index in [4.69, 9.17) is 16.3 Å². The average Bonchev–Trinajstić information content (AvgIpc) is 1.72. The number of nitrogens with two attached hydrogens (primary N) is 1. The van der Waals surface area contributed by atoms with Gasteiger partial charge in [-0.15, -0.1) is 0 Å². The van der Waals surface area contributed by atoms with Crippen molar-refractivity contribution in [3.8, 4) is 11.6 Å². The van der Waals surface area contributed by atoms with Gasteiger partial charge in [-0.2, -0.15) is 10.5 Å². The van der Waals surface area contributed by atoms with E-state index in [1.807, 2.05) is 0 Å². The van der Waals surface area contributed by atoms with Crippen molar-refractivity contribution in [3.63, 3.8) is 0 Å². The Morgan fingerprint density at radius 1 is 1.43 bits per heavy atom. The Balaban J connectivity index is 3.50. The molecule has 0 aliphatic rings. The maximum absolute atomic E-state index is 8.00. The van der Waals surface area contributed by atoms with Crippen molar-refractivity contribution >= 4 is 7.92 Å². The summed E-state index contributed by atoms with van der Waals surface area (Å²) in [4.78, 5) is 0. The summed E-state index contributed by atoms with van der Waals surface area (Å²) < 4.78 is 0. The number of hydrogen-bond acceptors (Lipinski definition) is 3. The molecule has 2 N–H and O–H groups in total. The van der Waals surface area contributed by atoms with E-state index in [9.17, 15) is 0 Å². The van der Waals surface area contributed by atoms with E-state index in [0.29, 0.717) is 0 Å². The zero-order valence-electron chi connectivity index (χ0n) is 3.63. The number of rotatable bonds is 1.